The van der Waals surface area contributed by atoms with Gasteiger partial charge in [0.05, 0.1) is 11.7 Å². The standard InChI is InChI=1S/C11H16N2O2/c12-7-10(3-1-4-10)9(14)13-8-11(15)5-2-6-11/h15H,1-6,8H2,(H,13,14). The minimum absolute atomic E-state index is 0.198. The van der Waals surface area contributed by atoms with E-state index in [1.807, 2.05) is 0 Å². The molecule has 0 spiro atoms. The summed E-state index contributed by atoms with van der Waals surface area (Å²) in [6.07, 6.45) is 4.81. The number of hydrogen-bond donors (Lipinski definition) is 2. The number of carbonyl (C=O) groups is 1. The second-order valence-electron chi connectivity index (χ2n) is 4.81. The number of nitriles is 1. The van der Waals surface area contributed by atoms with Crippen LogP contribution in [0.3, 0.4) is 0 Å². The van der Waals surface area contributed by atoms with Gasteiger partial charge in [-0.05, 0) is 38.5 Å². The predicted molar refractivity (Wildman–Crippen MR) is 53.7 cm³/mol. The number of rotatable bonds is 3. The summed E-state index contributed by atoms with van der Waals surface area (Å²) in [4.78, 5) is 11.7. The van der Waals surface area contributed by atoms with Crippen LogP contribution in [-0.2, 0) is 4.79 Å². The zero-order valence-corrected chi connectivity index (χ0v) is 8.75. The molecule has 0 bridgehead atoms. The first-order valence-corrected chi connectivity index (χ1v) is 5.52. The number of aliphatic hydroxyl groups is 1. The first-order chi connectivity index (χ1) is 7.10. The first-order valence-electron chi connectivity index (χ1n) is 5.52. The first kappa shape index (κ1) is 10.4. The SMILES string of the molecule is N#CC1(C(=O)NCC2(O)CCC2)CCC1. The Bertz CT molecular complexity index is 311. The number of hydrogen-bond acceptors (Lipinski definition) is 3. The Morgan fingerprint density at radius 2 is 1.93 bits per heavy atom. The molecule has 2 aliphatic carbocycles. The molecule has 0 aromatic carbocycles. The van der Waals surface area contributed by atoms with Crippen molar-refractivity contribution in [3.63, 3.8) is 0 Å². The highest BCUT2D eigenvalue weighted by atomic mass is 16.3. The second kappa shape index (κ2) is 3.49. The van der Waals surface area contributed by atoms with Crippen molar-refractivity contribution in [2.45, 2.75) is 44.1 Å². The van der Waals surface area contributed by atoms with Crippen LogP contribution in [0.25, 0.3) is 0 Å². The highest BCUT2D eigenvalue weighted by Gasteiger charge is 2.45. The lowest BCUT2D eigenvalue weighted by Gasteiger charge is -2.39. The van der Waals surface area contributed by atoms with Crippen LogP contribution in [0.15, 0.2) is 0 Å². The molecular formula is C11H16N2O2. The third kappa shape index (κ3) is 1.72. The van der Waals surface area contributed by atoms with E-state index in [0.717, 1.165) is 25.7 Å². The van der Waals surface area contributed by atoms with Crippen molar-refractivity contribution in [3.05, 3.63) is 0 Å². The van der Waals surface area contributed by atoms with Gasteiger partial charge in [0.15, 0.2) is 0 Å². The fourth-order valence-electron chi connectivity index (χ4n) is 2.10. The fourth-order valence-corrected chi connectivity index (χ4v) is 2.10. The molecule has 0 aliphatic heterocycles. The minimum Gasteiger partial charge on any atom is -0.388 e. The van der Waals surface area contributed by atoms with Crippen molar-refractivity contribution < 1.29 is 9.90 Å². The number of carbonyl (C=O) groups excluding carboxylic acids is 1. The van der Waals surface area contributed by atoms with Gasteiger partial charge in [-0.15, -0.1) is 0 Å². The van der Waals surface area contributed by atoms with Crippen molar-refractivity contribution in [1.82, 2.24) is 5.32 Å². The molecule has 2 saturated carbocycles. The molecular weight excluding hydrogens is 192 g/mol. The second-order valence-corrected chi connectivity index (χ2v) is 4.81. The Morgan fingerprint density at radius 3 is 2.27 bits per heavy atom. The van der Waals surface area contributed by atoms with E-state index in [4.69, 9.17) is 5.26 Å². The molecule has 82 valence electrons. The molecule has 0 aromatic rings. The van der Waals surface area contributed by atoms with Crippen LogP contribution >= 0.6 is 0 Å². The molecule has 2 aliphatic rings. The Kier molecular flexibility index (Phi) is 2.43. The summed E-state index contributed by atoms with van der Waals surface area (Å²) in [7, 11) is 0. The van der Waals surface area contributed by atoms with E-state index in [1.54, 1.807) is 0 Å². The fraction of sp³-hybridized carbons (Fsp3) is 0.818. The zero-order chi connectivity index (χ0) is 10.9. The number of nitrogens with one attached hydrogen (secondary N) is 1. The van der Waals surface area contributed by atoms with E-state index in [2.05, 4.69) is 11.4 Å². The van der Waals surface area contributed by atoms with Gasteiger partial charge in [-0.3, -0.25) is 4.79 Å². The Labute approximate surface area is 89.3 Å². The molecule has 0 unspecified atom stereocenters. The van der Waals surface area contributed by atoms with E-state index in [9.17, 15) is 9.90 Å². The monoisotopic (exact) mass is 208 g/mol. The summed E-state index contributed by atoms with van der Waals surface area (Å²) in [5.41, 5.74) is -1.49. The van der Waals surface area contributed by atoms with Crippen molar-refractivity contribution in [1.29, 1.82) is 5.26 Å². The smallest absolute Gasteiger partial charge is 0.240 e. The number of amides is 1. The van der Waals surface area contributed by atoms with E-state index < -0.39 is 11.0 Å². The molecule has 4 nitrogen and oxygen atoms in total. The van der Waals surface area contributed by atoms with Crippen LogP contribution in [0.2, 0.25) is 0 Å². The van der Waals surface area contributed by atoms with Gasteiger partial charge in [-0.25, -0.2) is 0 Å². The van der Waals surface area contributed by atoms with E-state index in [-0.39, 0.29) is 5.91 Å². The van der Waals surface area contributed by atoms with Crippen molar-refractivity contribution in [3.8, 4) is 6.07 Å². The third-order valence-corrected chi connectivity index (χ3v) is 3.72. The maximum absolute atomic E-state index is 11.7. The van der Waals surface area contributed by atoms with Gasteiger partial charge in [-0.2, -0.15) is 5.26 Å². The normalized spacial score (nSPS) is 25.6. The maximum atomic E-state index is 11.7. The molecule has 4 heteroatoms. The Balaban J connectivity index is 1.84. The minimum atomic E-state index is -0.792. The summed E-state index contributed by atoms with van der Waals surface area (Å²) in [5, 5.41) is 21.4. The average molecular weight is 208 g/mol. The highest BCUT2D eigenvalue weighted by molar-refractivity contribution is 5.86. The Hall–Kier alpha value is -1.08. The van der Waals surface area contributed by atoms with Crippen LogP contribution < -0.4 is 5.32 Å². The van der Waals surface area contributed by atoms with Crippen molar-refractivity contribution >= 4 is 5.91 Å². The van der Waals surface area contributed by atoms with Gasteiger partial charge in [0.2, 0.25) is 5.91 Å². The van der Waals surface area contributed by atoms with Gasteiger partial charge in [0.1, 0.15) is 5.41 Å². The van der Waals surface area contributed by atoms with Crippen molar-refractivity contribution in [2.24, 2.45) is 5.41 Å². The van der Waals surface area contributed by atoms with Crippen molar-refractivity contribution in [2.75, 3.05) is 6.54 Å². The lowest BCUT2D eigenvalue weighted by atomic mass is 9.69. The van der Waals surface area contributed by atoms with Gasteiger partial charge in [-0.1, -0.05) is 0 Å². The summed E-state index contributed by atoms with van der Waals surface area (Å²) in [6.45, 7) is 0.301. The van der Waals surface area contributed by atoms with Crippen LogP contribution in [-0.4, -0.2) is 23.2 Å². The number of nitrogens with zero attached hydrogens (tertiary/aromatic N) is 1. The molecule has 2 N–H and O–H groups in total. The van der Waals surface area contributed by atoms with Crippen LogP contribution in [0.1, 0.15) is 38.5 Å². The summed E-state index contributed by atoms with van der Waals surface area (Å²) in [5.74, 6) is -0.198. The molecule has 15 heavy (non-hydrogen) atoms. The van der Waals surface area contributed by atoms with Gasteiger partial charge in [0.25, 0.3) is 0 Å². The molecule has 0 aromatic heterocycles. The molecule has 1 amide bonds. The van der Waals surface area contributed by atoms with Crippen LogP contribution in [0.5, 0.6) is 0 Å². The van der Waals surface area contributed by atoms with Crippen LogP contribution in [0.4, 0.5) is 0 Å². The largest absolute Gasteiger partial charge is 0.388 e. The van der Waals surface area contributed by atoms with Gasteiger partial charge in [0, 0.05) is 6.54 Å². The summed E-state index contributed by atoms with van der Waals surface area (Å²) >= 11 is 0. The summed E-state index contributed by atoms with van der Waals surface area (Å²) in [6, 6.07) is 2.09. The van der Waals surface area contributed by atoms with E-state index in [0.29, 0.717) is 19.4 Å². The third-order valence-electron chi connectivity index (χ3n) is 3.72. The molecule has 0 saturated heterocycles. The van der Waals surface area contributed by atoms with Gasteiger partial charge < -0.3 is 10.4 Å². The van der Waals surface area contributed by atoms with E-state index >= 15 is 0 Å². The zero-order valence-electron chi connectivity index (χ0n) is 8.75. The van der Waals surface area contributed by atoms with E-state index in [1.165, 1.54) is 0 Å². The lowest BCUT2D eigenvalue weighted by Crippen LogP contribution is -2.52. The Morgan fingerprint density at radius 1 is 1.33 bits per heavy atom. The molecule has 2 rings (SSSR count). The molecule has 0 heterocycles. The predicted octanol–water partition coefficient (Wildman–Crippen LogP) is 0.711. The van der Waals surface area contributed by atoms with Crippen LogP contribution in [0, 0.1) is 16.7 Å². The van der Waals surface area contributed by atoms with Gasteiger partial charge >= 0.3 is 0 Å². The topological polar surface area (TPSA) is 73.1 Å². The lowest BCUT2D eigenvalue weighted by molar-refractivity contribution is -0.134. The quantitative estimate of drug-likeness (QED) is 0.717. The average Bonchev–Trinajstić information content (AvgIpc) is 2.11. The molecule has 0 atom stereocenters. The highest BCUT2D eigenvalue weighted by Crippen LogP contribution is 2.40. The molecule has 0 radical (unpaired) electrons. The molecule has 2 fully saturated rings. The summed E-state index contributed by atoms with van der Waals surface area (Å²) < 4.78 is 0. The maximum Gasteiger partial charge on any atom is 0.240 e.